The lowest BCUT2D eigenvalue weighted by atomic mass is 9.94. The van der Waals surface area contributed by atoms with Crippen LogP contribution in [0.15, 0.2) is 16.5 Å². The molecular weight excluding hydrogens is 236 g/mol. The summed E-state index contributed by atoms with van der Waals surface area (Å²) in [6, 6.07) is 3.24. The van der Waals surface area contributed by atoms with Gasteiger partial charge in [-0.25, -0.2) is 0 Å². The largest absolute Gasteiger partial charge is 0.455 e. The van der Waals surface area contributed by atoms with Gasteiger partial charge in [-0.15, -0.1) is 0 Å². The van der Waals surface area contributed by atoms with Crippen molar-refractivity contribution >= 4 is 5.91 Å². The van der Waals surface area contributed by atoms with Gasteiger partial charge in [0.15, 0.2) is 5.76 Å². The van der Waals surface area contributed by atoms with Gasteiger partial charge in [-0.3, -0.25) is 4.79 Å². The highest BCUT2D eigenvalue weighted by molar-refractivity contribution is 5.91. The van der Waals surface area contributed by atoms with Crippen LogP contribution >= 0.6 is 0 Å². The van der Waals surface area contributed by atoms with Gasteiger partial charge in [-0.1, -0.05) is 0 Å². The number of rotatable bonds is 4. The van der Waals surface area contributed by atoms with E-state index in [2.05, 4.69) is 5.32 Å². The van der Waals surface area contributed by atoms with Gasteiger partial charge in [0.1, 0.15) is 5.76 Å². The molecular formula is C12H18N2O4. The molecule has 0 saturated carbocycles. The van der Waals surface area contributed by atoms with Crippen molar-refractivity contribution in [1.29, 1.82) is 0 Å². The van der Waals surface area contributed by atoms with Crippen LogP contribution < -0.4 is 11.1 Å². The van der Waals surface area contributed by atoms with E-state index in [1.165, 1.54) is 0 Å². The fourth-order valence-electron chi connectivity index (χ4n) is 1.87. The van der Waals surface area contributed by atoms with Crippen LogP contribution in [0.4, 0.5) is 0 Å². The van der Waals surface area contributed by atoms with Gasteiger partial charge < -0.3 is 25.3 Å². The van der Waals surface area contributed by atoms with Gasteiger partial charge in [0.05, 0.1) is 12.1 Å². The average Bonchev–Trinajstić information content (AvgIpc) is 2.86. The molecule has 6 heteroatoms. The Morgan fingerprint density at radius 3 is 2.78 bits per heavy atom. The smallest absolute Gasteiger partial charge is 0.287 e. The van der Waals surface area contributed by atoms with Crippen molar-refractivity contribution in [3.05, 3.63) is 23.7 Å². The lowest BCUT2D eigenvalue weighted by Gasteiger charge is -2.31. The lowest BCUT2D eigenvalue weighted by Crippen LogP contribution is -2.46. The Morgan fingerprint density at radius 2 is 2.17 bits per heavy atom. The second-order valence-corrected chi connectivity index (χ2v) is 4.49. The van der Waals surface area contributed by atoms with Crippen LogP contribution in [-0.4, -0.2) is 36.4 Å². The minimum atomic E-state index is -0.878. The van der Waals surface area contributed by atoms with E-state index in [0.29, 0.717) is 31.8 Å². The molecule has 0 radical (unpaired) electrons. The summed E-state index contributed by atoms with van der Waals surface area (Å²) in [4.78, 5) is 11.8. The van der Waals surface area contributed by atoms with Crippen LogP contribution in [0.1, 0.15) is 29.2 Å². The minimum absolute atomic E-state index is 0.202. The Balaban J connectivity index is 1.87. The summed E-state index contributed by atoms with van der Waals surface area (Å²) in [5, 5.41) is 12.8. The van der Waals surface area contributed by atoms with Crippen molar-refractivity contribution in [2.45, 2.75) is 25.0 Å². The number of hydrogen-bond acceptors (Lipinski definition) is 5. The third kappa shape index (κ3) is 3.10. The first kappa shape index (κ1) is 13.1. The molecule has 0 unspecified atom stereocenters. The molecule has 100 valence electrons. The molecule has 1 saturated heterocycles. The molecule has 0 bridgehead atoms. The van der Waals surface area contributed by atoms with E-state index in [1.807, 2.05) is 0 Å². The molecule has 2 heterocycles. The summed E-state index contributed by atoms with van der Waals surface area (Å²) >= 11 is 0. The first-order chi connectivity index (χ1) is 8.63. The number of carbonyl (C=O) groups is 1. The SMILES string of the molecule is NCc1ccc(C(=O)NCC2(O)CCOCC2)o1. The maximum absolute atomic E-state index is 11.8. The Labute approximate surface area is 105 Å². The Kier molecular flexibility index (Phi) is 4.00. The van der Waals surface area contributed by atoms with Crippen LogP contribution in [-0.2, 0) is 11.3 Å². The van der Waals surface area contributed by atoms with Crippen molar-refractivity contribution in [3.8, 4) is 0 Å². The van der Waals surface area contributed by atoms with E-state index in [1.54, 1.807) is 12.1 Å². The number of furan rings is 1. The quantitative estimate of drug-likeness (QED) is 0.703. The van der Waals surface area contributed by atoms with Gasteiger partial charge in [0.2, 0.25) is 0 Å². The number of ether oxygens (including phenoxy) is 1. The minimum Gasteiger partial charge on any atom is -0.455 e. The molecule has 1 aliphatic rings. The molecule has 0 aromatic carbocycles. The van der Waals surface area contributed by atoms with Crippen molar-refractivity contribution in [2.75, 3.05) is 19.8 Å². The molecule has 0 atom stereocenters. The molecule has 2 rings (SSSR count). The second-order valence-electron chi connectivity index (χ2n) is 4.49. The van der Waals surface area contributed by atoms with Gasteiger partial charge >= 0.3 is 0 Å². The summed E-state index contributed by atoms with van der Waals surface area (Å²) in [6.07, 6.45) is 1.05. The fraction of sp³-hybridized carbons (Fsp3) is 0.583. The zero-order valence-electron chi connectivity index (χ0n) is 10.1. The lowest BCUT2D eigenvalue weighted by molar-refractivity contribution is -0.0605. The van der Waals surface area contributed by atoms with E-state index in [4.69, 9.17) is 14.9 Å². The highest BCUT2D eigenvalue weighted by Gasteiger charge is 2.30. The van der Waals surface area contributed by atoms with Gasteiger partial charge in [0.25, 0.3) is 5.91 Å². The first-order valence-corrected chi connectivity index (χ1v) is 6.00. The van der Waals surface area contributed by atoms with Crippen LogP contribution in [0.3, 0.4) is 0 Å². The standard InChI is InChI=1S/C12H18N2O4/c13-7-9-1-2-10(18-9)11(15)14-8-12(16)3-5-17-6-4-12/h1-2,16H,3-8,13H2,(H,14,15). The Bertz CT molecular complexity index is 410. The van der Waals surface area contributed by atoms with Crippen molar-refractivity contribution in [1.82, 2.24) is 5.32 Å². The van der Waals surface area contributed by atoms with E-state index < -0.39 is 5.60 Å². The van der Waals surface area contributed by atoms with Crippen LogP contribution in [0.25, 0.3) is 0 Å². The third-order valence-electron chi connectivity index (χ3n) is 3.09. The predicted octanol–water partition coefficient (Wildman–Crippen LogP) is 0.00960. The number of aliphatic hydroxyl groups is 1. The topological polar surface area (TPSA) is 97.7 Å². The molecule has 6 nitrogen and oxygen atoms in total. The van der Waals surface area contributed by atoms with Gasteiger partial charge in [-0.2, -0.15) is 0 Å². The first-order valence-electron chi connectivity index (χ1n) is 6.00. The van der Waals surface area contributed by atoms with E-state index >= 15 is 0 Å². The molecule has 1 aromatic rings. The van der Waals surface area contributed by atoms with E-state index in [9.17, 15) is 9.90 Å². The molecule has 0 spiro atoms. The summed E-state index contributed by atoms with van der Waals surface area (Å²) in [7, 11) is 0. The highest BCUT2D eigenvalue weighted by Crippen LogP contribution is 2.19. The summed E-state index contributed by atoms with van der Waals surface area (Å²) < 4.78 is 10.4. The molecule has 1 amide bonds. The number of hydrogen-bond donors (Lipinski definition) is 3. The highest BCUT2D eigenvalue weighted by atomic mass is 16.5. The number of nitrogens with one attached hydrogen (secondary N) is 1. The van der Waals surface area contributed by atoms with Crippen LogP contribution in [0.5, 0.6) is 0 Å². The summed E-state index contributed by atoms with van der Waals surface area (Å²) in [5.41, 5.74) is 4.52. The number of nitrogens with two attached hydrogens (primary N) is 1. The van der Waals surface area contributed by atoms with Gasteiger partial charge in [-0.05, 0) is 12.1 Å². The molecule has 1 aliphatic heterocycles. The maximum Gasteiger partial charge on any atom is 0.287 e. The van der Waals surface area contributed by atoms with Crippen molar-refractivity contribution < 1.29 is 19.1 Å². The van der Waals surface area contributed by atoms with Crippen LogP contribution in [0.2, 0.25) is 0 Å². The summed E-state index contributed by atoms with van der Waals surface area (Å²) in [5.74, 6) is 0.436. The normalized spacial score (nSPS) is 18.6. The molecule has 4 N–H and O–H groups in total. The molecule has 1 fully saturated rings. The molecule has 18 heavy (non-hydrogen) atoms. The fourth-order valence-corrected chi connectivity index (χ4v) is 1.87. The molecule has 1 aromatic heterocycles. The zero-order chi connectivity index (χ0) is 13.0. The maximum atomic E-state index is 11.8. The van der Waals surface area contributed by atoms with Crippen LogP contribution in [0, 0.1) is 0 Å². The van der Waals surface area contributed by atoms with E-state index in [0.717, 1.165) is 0 Å². The van der Waals surface area contributed by atoms with E-state index in [-0.39, 0.29) is 24.8 Å². The average molecular weight is 254 g/mol. The Hall–Kier alpha value is -1.37. The predicted molar refractivity (Wildman–Crippen MR) is 63.9 cm³/mol. The molecule has 0 aliphatic carbocycles. The Morgan fingerprint density at radius 1 is 1.44 bits per heavy atom. The van der Waals surface area contributed by atoms with Gasteiger partial charge in [0, 0.05) is 32.6 Å². The number of amides is 1. The number of carbonyl (C=O) groups excluding carboxylic acids is 1. The monoisotopic (exact) mass is 254 g/mol. The summed E-state index contributed by atoms with van der Waals surface area (Å²) in [6.45, 7) is 1.50. The van der Waals surface area contributed by atoms with Crippen molar-refractivity contribution in [3.63, 3.8) is 0 Å². The van der Waals surface area contributed by atoms with Crippen molar-refractivity contribution in [2.24, 2.45) is 5.73 Å². The zero-order valence-corrected chi connectivity index (χ0v) is 10.1. The third-order valence-corrected chi connectivity index (χ3v) is 3.09. The second kappa shape index (κ2) is 5.51.